The largest absolute Gasteiger partial charge is 0.494 e. The summed E-state index contributed by atoms with van der Waals surface area (Å²) in [4.78, 5) is 0. The molecule has 0 fully saturated rings. The maximum Gasteiger partial charge on any atom is 0.124 e. The van der Waals surface area contributed by atoms with Crippen molar-refractivity contribution < 1.29 is 4.74 Å². The van der Waals surface area contributed by atoms with Gasteiger partial charge in [-0.05, 0) is 37.1 Å². The molecule has 0 saturated heterocycles. The fourth-order valence-electron chi connectivity index (χ4n) is 2.15. The maximum absolute atomic E-state index is 6.42. The molecule has 0 saturated carbocycles. The molecule has 1 atom stereocenters. The third kappa shape index (κ3) is 2.99. The third-order valence-electron chi connectivity index (χ3n) is 3.20. The summed E-state index contributed by atoms with van der Waals surface area (Å²) in [7, 11) is 0. The van der Waals surface area contributed by atoms with E-state index in [1.807, 2.05) is 43.3 Å². The number of rotatable bonds is 4. The zero-order valence-corrected chi connectivity index (χ0v) is 12.8. The van der Waals surface area contributed by atoms with E-state index in [0.717, 1.165) is 21.3 Å². The first-order valence-electron chi connectivity index (χ1n) is 6.37. The van der Waals surface area contributed by atoms with Crippen LogP contribution in [0.2, 0.25) is 0 Å². The summed E-state index contributed by atoms with van der Waals surface area (Å²) in [6.07, 6.45) is 0. The van der Waals surface area contributed by atoms with Crippen molar-refractivity contribution in [3.05, 3.63) is 63.6 Å². The van der Waals surface area contributed by atoms with E-state index in [9.17, 15) is 0 Å². The van der Waals surface area contributed by atoms with Gasteiger partial charge in [0.25, 0.3) is 0 Å². The van der Waals surface area contributed by atoms with Gasteiger partial charge in [-0.25, -0.2) is 0 Å². The van der Waals surface area contributed by atoms with E-state index in [0.29, 0.717) is 6.61 Å². The van der Waals surface area contributed by atoms with E-state index in [1.165, 1.54) is 5.56 Å². The van der Waals surface area contributed by atoms with E-state index >= 15 is 0 Å². The third-order valence-corrected chi connectivity index (χ3v) is 4.06. The van der Waals surface area contributed by atoms with Crippen LogP contribution in [0.25, 0.3) is 0 Å². The molecule has 2 aromatic carbocycles. The van der Waals surface area contributed by atoms with Crippen LogP contribution in [0.3, 0.4) is 0 Å². The highest BCUT2D eigenvalue weighted by Crippen LogP contribution is 2.32. The van der Waals surface area contributed by atoms with E-state index in [1.54, 1.807) is 0 Å². The summed E-state index contributed by atoms with van der Waals surface area (Å²) in [5, 5.41) is 0. The van der Waals surface area contributed by atoms with Crippen LogP contribution < -0.4 is 10.5 Å². The van der Waals surface area contributed by atoms with E-state index in [4.69, 9.17) is 10.5 Å². The minimum Gasteiger partial charge on any atom is -0.494 e. The van der Waals surface area contributed by atoms with Crippen LogP contribution in [-0.4, -0.2) is 6.61 Å². The molecule has 0 aliphatic rings. The van der Waals surface area contributed by atoms with Gasteiger partial charge in [0.05, 0.1) is 12.6 Å². The molecule has 3 heteroatoms. The second-order valence-electron chi connectivity index (χ2n) is 4.40. The average molecular weight is 320 g/mol. The normalized spacial score (nSPS) is 12.2. The fourth-order valence-corrected chi connectivity index (χ4v) is 2.53. The smallest absolute Gasteiger partial charge is 0.124 e. The molecule has 2 rings (SSSR count). The monoisotopic (exact) mass is 319 g/mol. The van der Waals surface area contributed by atoms with Crippen LogP contribution in [-0.2, 0) is 0 Å². The van der Waals surface area contributed by atoms with Gasteiger partial charge in [0.15, 0.2) is 0 Å². The van der Waals surface area contributed by atoms with Crippen LogP contribution in [0.4, 0.5) is 0 Å². The van der Waals surface area contributed by atoms with Gasteiger partial charge in [0, 0.05) is 10.0 Å². The zero-order chi connectivity index (χ0) is 13.8. The van der Waals surface area contributed by atoms with Crippen LogP contribution in [0.1, 0.15) is 29.7 Å². The number of hydrogen-bond donors (Lipinski definition) is 1. The summed E-state index contributed by atoms with van der Waals surface area (Å²) in [6.45, 7) is 4.69. The molecule has 0 spiro atoms. The molecule has 0 aromatic heterocycles. The van der Waals surface area contributed by atoms with E-state index in [-0.39, 0.29) is 6.04 Å². The molecule has 1 unspecified atom stereocenters. The molecule has 2 aromatic rings. The van der Waals surface area contributed by atoms with Gasteiger partial charge in [-0.3, -0.25) is 0 Å². The predicted molar refractivity (Wildman–Crippen MR) is 82.5 cm³/mol. The van der Waals surface area contributed by atoms with E-state index in [2.05, 4.69) is 28.9 Å². The van der Waals surface area contributed by atoms with Crippen LogP contribution in [0.5, 0.6) is 5.75 Å². The molecule has 0 heterocycles. The molecule has 0 radical (unpaired) electrons. The Balaban J connectivity index is 2.44. The van der Waals surface area contributed by atoms with Gasteiger partial charge in [-0.15, -0.1) is 0 Å². The summed E-state index contributed by atoms with van der Waals surface area (Å²) in [6, 6.07) is 13.9. The summed E-state index contributed by atoms with van der Waals surface area (Å²) >= 11 is 3.55. The second-order valence-corrected chi connectivity index (χ2v) is 5.26. The van der Waals surface area contributed by atoms with Crippen LogP contribution in [0.15, 0.2) is 46.9 Å². The molecular weight excluding hydrogens is 302 g/mol. The van der Waals surface area contributed by atoms with Gasteiger partial charge >= 0.3 is 0 Å². The number of benzene rings is 2. The van der Waals surface area contributed by atoms with Crippen LogP contribution in [0, 0.1) is 6.92 Å². The Labute approximate surface area is 122 Å². The van der Waals surface area contributed by atoms with Crippen molar-refractivity contribution >= 4 is 15.9 Å². The number of para-hydroxylation sites is 1. The Bertz CT molecular complexity index is 568. The highest BCUT2D eigenvalue weighted by atomic mass is 79.9. The quantitative estimate of drug-likeness (QED) is 0.916. The Morgan fingerprint density at radius 1 is 1.11 bits per heavy atom. The highest BCUT2D eigenvalue weighted by Gasteiger charge is 2.16. The predicted octanol–water partition coefficient (Wildman–Crippen LogP) is 4.20. The van der Waals surface area contributed by atoms with Gasteiger partial charge < -0.3 is 10.5 Å². The van der Waals surface area contributed by atoms with Crippen LogP contribution >= 0.6 is 15.9 Å². The minimum atomic E-state index is -0.180. The van der Waals surface area contributed by atoms with Crippen molar-refractivity contribution in [2.24, 2.45) is 5.73 Å². The highest BCUT2D eigenvalue weighted by molar-refractivity contribution is 9.10. The molecule has 2 nitrogen and oxygen atoms in total. The van der Waals surface area contributed by atoms with Crippen molar-refractivity contribution in [1.82, 2.24) is 0 Å². The number of hydrogen-bond acceptors (Lipinski definition) is 2. The van der Waals surface area contributed by atoms with Gasteiger partial charge in [0.1, 0.15) is 5.75 Å². The lowest BCUT2D eigenvalue weighted by Crippen LogP contribution is -2.15. The van der Waals surface area contributed by atoms with Crippen molar-refractivity contribution in [3.8, 4) is 5.75 Å². The Morgan fingerprint density at radius 3 is 2.53 bits per heavy atom. The molecular formula is C16H18BrNO. The second kappa shape index (κ2) is 6.22. The first-order valence-corrected chi connectivity index (χ1v) is 7.16. The average Bonchev–Trinajstić information content (AvgIpc) is 2.42. The van der Waals surface area contributed by atoms with Crippen molar-refractivity contribution in [2.45, 2.75) is 19.9 Å². The molecule has 0 aliphatic carbocycles. The zero-order valence-electron chi connectivity index (χ0n) is 11.2. The standard InChI is InChI=1S/C16H18BrNO/c1-3-19-15-10-5-4-7-13(15)16(18)12-8-6-9-14(17)11(12)2/h4-10,16H,3,18H2,1-2H3. The fraction of sp³-hybridized carbons (Fsp3) is 0.250. The van der Waals surface area contributed by atoms with Crippen molar-refractivity contribution in [3.63, 3.8) is 0 Å². The SMILES string of the molecule is CCOc1ccccc1C(N)c1cccc(Br)c1C. The van der Waals surface area contributed by atoms with Gasteiger partial charge in [0.2, 0.25) is 0 Å². The van der Waals surface area contributed by atoms with Crippen molar-refractivity contribution in [1.29, 1.82) is 0 Å². The molecule has 0 aliphatic heterocycles. The lowest BCUT2D eigenvalue weighted by molar-refractivity contribution is 0.335. The summed E-state index contributed by atoms with van der Waals surface area (Å²) in [5.41, 5.74) is 9.72. The Hall–Kier alpha value is -1.32. The maximum atomic E-state index is 6.42. The van der Waals surface area contributed by atoms with Crippen molar-refractivity contribution in [2.75, 3.05) is 6.61 Å². The van der Waals surface area contributed by atoms with E-state index < -0.39 is 0 Å². The number of ether oxygens (including phenoxy) is 1. The first kappa shape index (κ1) is 14.1. The number of nitrogens with two attached hydrogens (primary N) is 1. The Morgan fingerprint density at radius 2 is 1.79 bits per heavy atom. The molecule has 0 bridgehead atoms. The van der Waals surface area contributed by atoms with Gasteiger partial charge in [-0.2, -0.15) is 0 Å². The molecule has 0 amide bonds. The first-order chi connectivity index (χ1) is 9.15. The lowest BCUT2D eigenvalue weighted by Gasteiger charge is -2.19. The summed E-state index contributed by atoms with van der Waals surface area (Å²) < 4.78 is 6.74. The molecule has 2 N–H and O–H groups in total. The Kier molecular flexibility index (Phi) is 4.61. The van der Waals surface area contributed by atoms with Gasteiger partial charge in [-0.1, -0.05) is 46.3 Å². The lowest BCUT2D eigenvalue weighted by atomic mass is 9.95. The topological polar surface area (TPSA) is 35.2 Å². The molecule has 100 valence electrons. The summed E-state index contributed by atoms with van der Waals surface area (Å²) in [5.74, 6) is 0.858. The molecule has 19 heavy (non-hydrogen) atoms. The minimum absolute atomic E-state index is 0.180. The number of halogens is 1.